The van der Waals surface area contributed by atoms with Gasteiger partial charge in [0, 0.05) is 21.5 Å². The Morgan fingerprint density at radius 2 is 0.680 bits per heavy atom. The number of benzene rings is 5. The third-order valence-electron chi connectivity index (χ3n) is 11.1. The highest BCUT2D eigenvalue weighted by molar-refractivity contribution is 7.27. The first-order valence-electron chi connectivity index (χ1n) is 18.1. The summed E-state index contributed by atoms with van der Waals surface area (Å²) in [5.74, 6) is 0. The van der Waals surface area contributed by atoms with Crippen LogP contribution in [0.2, 0.25) is 0 Å². The van der Waals surface area contributed by atoms with E-state index in [9.17, 15) is 0 Å². The van der Waals surface area contributed by atoms with Crippen molar-refractivity contribution in [1.82, 2.24) is 8.80 Å². The SMILES string of the molecule is CC(C)(C)c1ccc2c(c1)sc1c3c4cc(C(C)(C)C)ccc4n4c5ccc(C(C)(C)C)cc5sc(c5c6cc(C(C)(C)C)ccc6n2c15)c34. The van der Waals surface area contributed by atoms with Gasteiger partial charge in [-0.3, -0.25) is 0 Å². The Balaban J connectivity index is 1.63. The first-order valence-corrected chi connectivity index (χ1v) is 19.7. The molecule has 5 aromatic carbocycles. The van der Waals surface area contributed by atoms with Crippen molar-refractivity contribution in [3.05, 3.63) is 95.1 Å². The van der Waals surface area contributed by atoms with Gasteiger partial charge in [-0.25, -0.2) is 0 Å². The molecule has 2 nitrogen and oxygen atoms in total. The summed E-state index contributed by atoms with van der Waals surface area (Å²) in [6.45, 7) is 28.0. The molecule has 0 fully saturated rings. The van der Waals surface area contributed by atoms with Gasteiger partial charge < -0.3 is 8.80 Å². The van der Waals surface area contributed by atoms with Crippen LogP contribution in [0.15, 0.2) is 72.8 Å². The molecular weight excluding hydrogens is 645 g/mol. The molecule has 0 atom stereocenters. The highest BCUT2D eigenvalue weighted by Crippen LogP contribution is 2.51. The number of hydrogen-bond acceptors (Lipinski definition) is 2. The largest absolute Gasteiger partial charge is 0.306 e. The van der Waals surface area contributed by atoms with Crippen molar-refractivity contribution in [1.29, 1.82) is 0 Å². The first kappa shape index (κ1) is 32.1. The molecule has 0 unspecified atom stereocenters. The fraction of sp³-hybridized carbons (Fsp3) is 0.348. The van der Waals surface area contributed by atoms with Crippen molar-refractivity contribution in [2.24, 2.45) is 0 Å². The van der Waals surface area contributed by atoms with E-state index in [-0.39, 0.29) is 21.7 Å². The lowest BCUT2D eigenvalue weighted by Crippen LogP contribution is -2.10. The minimum Gasteiger partial charge on any atom is -0.306 e. The zero-order chi connectivity index (χ0) is 35.4. The molecule has 0 N–H and O–H groups in total. The smallest absolute Gasteiger partial charge is 0.0736 e. The van der Waals surface area contributed by atoms with Crippen LogP contribution in [0.1, 0.15) is 105 Å². The van der Waals surface area contributed by atoms with E-state index < -0.39 is 0 Å². The number of rotatable bonds is 0. The molecule has 9 aromatic rings. The summed E-state index contributed by atoms with van der Waals surface area (Å²) in [6.07, 6.45) is 0. The Morgan fingerprint density at radius 3 is 1.00 bits per heavy atom. The second-order valence-corrected chi connectivity index (χ2v) is 20.9. The summed E-state index contributed by atoms with van der Waals surface area (Å²) >= 11 is 3.98. The van der Waals surface area contributed by atoms with Gasteiger partial charge in [-0.1, -0.05) is 107 Å². The highest BCUT2D eigenvalue weighted by Gasteiger charge is 2.28. The zero-order valence-corrected chi connectivity index (χ0v) is 33.3. The number of aromatic nitrogens is 2. The van der Waals surface area contributed by atoms with Crippen LogP contribution in [0.5, 0.6) is 0 Å². The van der Waals surface area contributed by atoms with E-state index >= 15 is 0 Å². The van der Waals surface area contributed by atoms with Gasteiger partial charge in [0.2, 0.25) is 0 Å². The molecule has 0 saturated heterocycles. The van der Waals surface area contributed by atoms with Crippen molar-refractivity contribution < 1.29 is 0 Å². The average Bonchev–Trinajstić information content (AvgIpc) is 3.55. The molecule has 0 aliphatic carbocycles. The summed E-state index contributed by atoms with van der Waals surface area (Å²) in [5, 5.41) is 5.50. The second-order valence-electron chi connectivity index (χ2n) is 18.8. The Bertz CT molecular complexity index is 2690. The zero-order valence-electron chi connectivity index (χ0n) is 31.6. The van der Waals surface area contributed by atoms with Crippen LogP contribution in [-0.2, 0) is 21.7 Å². The van der Waals surface area contributed by atoms with Gasteiger partial charge in [0.15, 0.2) is 0 Å². The fourth-order valence-corrected chi connectivity index (χ4v) is 10.6. The Morgan fingerprint density at radius 1 is 0.380 bits per heavy atom. The molecule has 4 aromatic heterocycles. The van der Waals surface area contributed by atoms with E-state index in [0.29, 0.717) is 0 Å². The highest BCUT2D eigenvalue weighted by atomic mass is 32.1. The number of hydrogen-bond donors (Lipinski definition) is 0. The summed E-state index contributed by atoms with van der Waals surface area (Å²) in [6, 6.07) is 29.0. The maximum Gasteiger partial charge on any atom is 0.0736 e. The summed E-state index contributed by atoms with van der Waals surface area (Å²) in [5.41, 5.74) is 13.6. The van der Waals surface area contributed by atoms with Crippen LogP contribution in [0, 0.1) is 0 Å². The van der Waals surface area contributed by atoms with E-state index in [0.717, 1.165) is 0 Å². The van der Waals surface area contributed by atoms with E-state index in [1.54, 1.807) is 0 Å². The standard InChI is InChI=1S/C46H48N2S2/c1-43(2,3)25-13-17-31-29(21-25)37-39-42(50-35-23-27(45(7,8)9)15-19-33(35)47(31)39)38-30-22-26(44(4,5)6)14-18-32(30)48-34-20-16-28(46(10,11)12)24-36(34)49-41(37)40(38)48/h13-24H,1-12H3. The lowest BCUT2D eigenvalue weighted by molar-refractivity contribution is 0.591. The molecule has 4 heteroatoms. The third kappa shape index (κ3) is 4.43. The molecule has 0 spiro atoms. The molecular formula is C46H48N2S2. The predicted octanol–water partition coefficient (Wildman–Crippen LogP) is 14.4. The molecule has 0 amide bonds. The Labute approximate surface area is 303 Å². The summed E-state index contributed by atoms with van der Waals surface area (Å²) in [4.78, 5) is 0. The van der Waals surface area contributed by atoms with Gasteiger partial charge in [0.25, 0.3) is 0 Å². The summed E-state index contributed by atoms with van der Waals surface area (Å²) < 4.78 is 10.7. The Kier molecular flexibility index (Phi) is 6.37. The molecule has 9 rings (SSSR count). The Hall–Kier alpha value is -3.86. The topological polar surface area (TPSA) is 8.82 Å². The average molecular weight is 693 g/mol. The minimum atomic E-state index is 0.0425. The van der Waals surface area contributed by atoms with Crippen molar-refractivity contribution >= 4 is 96.1 Å². The molecule has 4 heterocycles. The van der Waals surface area contributed by atoms with Crippen molar-refractivity contribution in [3.8, 4) is 0 Å². The first-order chi connectivity index (χ1) is 23.3. The van der Waals surface area contributed by atoms with Crippen LogP contribution in [-0.4, -0.2) is 8.80 Å². The van der Waals surface area contributed by atoms with Crippen LogP contribution < -0.4 is 0 Å². The number of fused-ring (bicyclic) bond motifs is 12. The maximum atomic E-state index is 2.61. The van der Waals surface area contributed by atoms with Crippen molar-refractivity contribution in [2.45, 2.75) is 105 Å². The van der Waals surface area contributed by atoms with Crippen LogP contribution >= 0.6 is 22.7 Å². The predicted molar refractivity (Wildman–Crippen MR) is 224 cm³/mol. The molecule has 0 saturated carbocycles. The molecule has 0 bridgehead atoms. The molecule has 0 aliphatic rings. The lowest BCUT2D eigenvalue weighted by atomic mass is 9.86. The van der Waals surface area contributed by atoms with Crippen LogP contribution in [0.4, 0.5) is 0 Å². The van der Waals surface area contributed by atoms with E-state index in [1.807, 2.05) is 22.7 Å². The van der Waals surface area contributed by atoms with E-state index in [4.69, 9.17) is 0 Å². The molecule has 0 aliphatic heterocycles. The fourth-order valence-electron chi connectivity index (χ4n) is 8.06. The normalized spacial score (nSPS) is 14.0. The van der Waals surface area contributed by atoms with Gasteiger partial charge >= 0.3 is 0 Å². The van der Waals surface area contributed by atoms with Crippen molar-refractivity contribution in [3.63, 3.8) is 0 Å². The van der Waals surface area contributed by atoms with Gasteiger partial charge in [0.05, 0.1) is 51.9 Å². The van der Waals surface area contributed by atoms with Crippen LogP contribution in [0.25, 0.3) is 73.4 Å². The quantitative estimate of drug-likeness (QED) is 0.140. The van der Waals surface area contributed by atoms with E-state index in [2.05, 4.69) is 165 Å². The van der Waals surface area contributed by atoms with Crippen LogP contribution in [0.3, 0.4) is 0 Å². The monoisotopic (exact) mass is 692 g/mol. The molecule has 0 radical (unpaired) electrons. The van der Waals surface area contributed by atoms with Gasteiger partial charge in [-0.15, -0.1) is 22.7 Å². The number of nitrogens with zero attached hydrogens (tertiary/aromatic N) is 2. The molecule has 254 valence electrons. The second kappa shape index (κ2) is 9.92. The lowest BCUT2D eigenvalue weighted by Gasteiger charge is -2.20. The van der Waals surface area contributed by atoms with Crippen molar-refractivity contribution in [2.75, 3.05) is 0 Å². The third-order valence-corrected chi connectivity index (χ3v) is 13.4. The maximum absolute atomic E-state index is 2.61. The molecule has 50 heavy (non-hydrogen) atoms. The summed E-state index contributed by atoms with van der Waals surface area (Å²) in [7, 11) is 0. The van der Waals surface area contributed by atoms with Gasteiger partial charge in [0.1, 0.15) is 0 Å². The van der Waals surface area contributed by atoms with Gasteiger partial charge in [-0.2, -0.15) is 0 Å². The van der Waals surface area contributed by atoms with Gasteiger partial charge in [-0.05, 0) is 92.4 Å². The minimum absolute atomic E-state index is 0.0425. The van der Waals surface area contributed by atoms with E-state index in [1.165, 1.54) is 95.7 Å².